The Bertz CT molecular complexity index is 242. The smallest absolute Gasteiger partial charge is 0.290 e. The zero-order chi connectivity index (χ0) is 9.24. The van der Waals surface area contributed by atoms with Crippen LogP contribution in [0.3, 0.4) is 0 Å². The van der Waals surface area contributed by atoms with Crippen molar-refractivity contribution in [1.29, 1.82) is 0 Å². The van der Waals surface area contributed by atoms with Crippen molar-refractivity contribution in [2.45, 2.75) is 30.4 Å². The molecule has 0 bridgehead atoms. The summed E-state index contributed by atoms with van der Waals surface area (Å²) in [6.07, 6.45) is 2.20. The Morgan fingerprint density at radius 3 is 2.42 bits per heavy atom. The lowest BCUT2D eigenvalue weighted by Gasteiger charge is -2.33. The van der Waals surface area contributed by atoms with Crippen LogP contribution in [-0.4, -0.2) is 33.7 Å². The second-order valence-electron chi connectivity index (χ2n) is 3.04. The first-order valence-corrected chi connectivity index (χ1v) is 7.69. The molecule has 72 valence electrons. The Morgan fingerprint density at radius 1 is 1.50 bits per heavy atom. The van der Waals surface area contributed by atoms with E-state index in [1.54, 1.807) is 0 Å². The van der Waals surface area contributed by atoms with Crippen LogP contribution < -0.4 is 0 Å². The predicted octanol–water partition coefficient (Wildman–Crippen LogP) is -0.0546. The standard InChI is InChI=1S/C6H14O4SSi/c1-12-6(11(7,8)9)4-2-3-5-10-6/h2-5,12H2,1H3,(H,7,8,9). The van der Waals surface area contributed by atoms with Crippen LogP contribution in [0.4, 0.5) is 0 Å². The van der Waals surface area contributed by atoms with E-state index in [9.17, 15) is 8.42 Å². The highest BCUT2D eigenvalue weighted by Crippen LogP contribution is 2.28. The van der Waals surface area contributed by atoms with Crippen molar-refractivity contribution in [2.24, 2.45) is 0 Å². The van der Waals surface area contributed by atoms with Crippen molar-refractivity contribution in [3.05, 3.63) is 0 Å². The number of ether oxygens (including phenoxy) is 1. The second kappa shape index (κ2) is 3.45. The highest BCUT2D eigenvalue weighted by Gasteiger charge is 2.43. The van der Waals surface area contributed by atoms with Crippen LogP contribution in [0, 0.1) is 0 Å². The van der Waals surface area contributed by atoms with Gasteiger partial charge in [0.1, 0.15) is 0 Å². The third kappa shape index (κ3) is 1.71. The van der Waals surface area contributed by atoms with E-state index in [0.29, 0.717) is 13.0 Å². The fraction of sp³-hybridized carbons (Fsp3) is 1.00. The van der Waals surface area contributed by atoms with Crippen LogP contribution in [0.25, 0.3) is 0 Å². The topological polar surface area (TPSA) is 63.6 Å². The monoisotopic (exact) mass is 210 g/mol. The largest absolute Gasteiger partial charge is 0.361 e. The maximum atomic E-state index is 11.0. The van der Waals surface area contributed by atoms with Crippen LogP contribution in [0.2, 0.25) is 6.55 Å². The number of hydrogen-bond acceptors (Lipinski definition) is 3. The van der Waals surface area contributed by atoms with Gasteiger partial charge in [-0.25, -0.2) is 0 Å². The van der Waals surface area contributed by atoms with E-state index in [1.165, 1.54) is 0 Å². The minimum Gasteiger partial charge on any atom is -0.361 e. The van der Waals surface area contributed by atoms with Crippen LogP contribution in [-0.2, 0) is 14.9 Å². The second-order valence-corrected chi connectivity index (χ2v) is 7.10. The van der Waals surface area contributed by atoms with Crippen molar-refractivity contribution in [1.82, 2.24) is 0 Å². The van der Waals surface area contributed by atoms with E-state index in [4.69, 9.17) is 9.29 Å². The maximum absolute atomic E-state index is 11.0. The van der Waals surface area contributed by atoms with E-state index in [-0.39, 0.29) is 0 Å². The average Bonchev–Trinajstić information content (AvgIpc) is 2.04. The SMILES string of the molecule is C[SiH2]C1(S(=O)(=O)O)CCCCO1. The van der Waals surface area contributed by atoms with Crippen molar-refractivity contribution >= 4 is 19.6 Å². The molecule has 1 N–H and O–H groups in total. The molecule has 0 spiro atoms. The third-order valence-electron chi connectivity index (χ3n) is 2.33. The van der Waals surface area contributed by atoms with Gasteiger partial charge in [-0.15, -0.1) is 0 Å². The van der Waals surface area contributed by atoms with Crippen molar-refractivity contribution < 1.29 is 17.7 Å². The number of hydrogen-bond donors (Lipinski definition) is 1. The molecule has 6 heteroatoms. The predicted molar refractivity (Wildman–Crippen MR) is 48.5 cm³/mol. The summed E-state index contributed by atoms with van der Waals surface area (Å²) in [4.78, 5) is 0. The van der Waals surface area contributed by atoms with Gasteiger partial charge >= 0.3 is 0 Å². The zero-order valence-corrected chi connectivity index (χ0v) is 9.35. The van der Waals surface area contributed by atoms with Gasteiger partial charge in [0.25, 0.3) is 10.1 Å². The van der Waals surface area contributed by atoms with E-state index >= 15 is 0 Å². The van der Waals surface area contributed by atoms with Crippen LogP contribution >= 0.6 is 0 Å². The molecule has 1 rings (SSSR count). The summed E-state index contributed by atoms with van der Waals surface area (Å²) >= 11 is 0. The fourth-order valence-corrected chi connectivity index (χ4v) is 4.54. The summed E-state index contributed by atoms with van der Waals surface area (Å²) in [6.45, 7) is 2.31. The van der Waals surface area contributed by atoms with Crippen LogP contribution in [0.1, 0.15) is 19.3 Å². The zero-order valence-electron chi connectivity index (χ0n) is 7.12. The van der Waals surface area contributed by atoms with Gasteiger partial charge in [-0.2, -0.15) is 8.42 Å². The molecule has 1 aliphatic heterocycles. The summed E-state index contributed by atoms with van der Waals surface area (Å²) in [5, 5.41) is 0. The first kappa shape index (κ1) is 10.2. The first-order valence-electron chi connectivity index (χ1n) is 4.13. The molecule has 1 aliphatic rings. The molecule has 0 aromatic carbocycles. The third-order valence-corrected chi connectivity index (χ3v) is 7.18. The molecule has 1 saturated heterocycles. The molecule has 1 heterocycles. The Balaban J connectivity index is 2.88. The minimum absolute atomic E-state index is 0.459. The highest BCUT2D eigenvalue weighted by molar-refractivity contribution is 7.88. The Labute approximate surface area is 74.9 Å². The Kier molecular flexibility index (Phi) is 2.92. The highest BCUT2D eigenvalue weighted by atomic mass is 32.2. The molecule has 1 fully saturated rings. The van der Waals surface area contributed by atoms with Crippen molar-refractivity contribution in [3.63, 3.8) is 0 Å². The molecule has 1 unspecified atom stereocenters. The molecule has 0 aromatic rings. The molecule has 0 aromatic heterocycles. The van der Waals surface area contributed by atoms with E-state index in [1.807, 2.05) is 6.55 Å². The van der Waals surface area contributed by atoms with Gasteiger partial charge in [0.2, 0.25) is 0 Å². The molecule has 0 saturated carbocycles. The van der Waals surface area contributed by atoms with Gasteiger partial charge < -0.3 is 4.74 Å². The van der Waals surface area contributed by atoms with E-state index in [2.05, 4.69) is 0 Å². The molecule has 0 amide bonds. The van der Waals surface area contributed by atoms with Crippen LogP contribution in [0.5, 0.6) is 0 Å². The lowest BCUT2D eigenvalue weighted by atomic mass is 10.2. The van der Waals surface area contributed by atoms with Gasteiger partial charge in [-0.3, -0.25) is 4.55 Å². The summed E-state index contributed by atoms with van der Waals surface area (Å²) in [7, 11) is -4.90. The van der Waals surface area contributed by atoms with Gasteiger partial charge in [-0.05, 0) is 19.3 Å². The van der Waals surface area contributed by atoms with E-state index in [0.717, 1.165) is 12.8 Å². The molecule has 0 aliphatic carbocycles. The normalized spacial score (nSPS) is 32.8. The Hall–Kier alpha value is 0.0869. The first-order chi connectivity index (χ1) is 5.52. The van der Waals surface area contributed by atoms with Gasteiger partial charge in [0, 0.05) is 6.61 Å². The minimum atomic E-state index is -4.00. The quantitative estimate of drug-likeness (QED) is 0.512. The molecule has 12 heavy (non-hydrogen) atoms. The van der Waals surface area contributed by atoms with Crippen LogP contribution in [0.15, 0.2) is 0 Å². The maximum Gasteiger partial charge on any atom is 0.290 e. The molecular formula is C6H14O4SSi. The van der Waals surface area contributed by atoms with Gasteiger partial charge in [0.15, 0.2) is 4.56 Å². The lowest BCUT2D eigenvalue weighted by Crippen LogP contribution is -2.48. The summed E-state index contributed by atoms with van der Waals surface area (Å²) in [6, 6.07) is 0. The molecular weight excluding hydrogens is 196 g/mol. The van der Waals surface area contributed by atoms with Gasteiger partial charge in [-0.1, -0.05) is 6.55 Å². The summed E-state index contributed by atoms with van der Waals surface area (Å²) in [5.41, 5.74) is 0. The average molecular weight is 210 g/mol. The van der Waals surface area contributed by atoms with Gasteiger partial charge in [0.05, 0.1) is 9.52 Å². The molecule has 0 radical (unpaired) electrons. The molecule has 1 atom stereocenters. The molecule has 4 nitrogen and oxygen atoms in total. The summed E-state index contributed by atoms with van der Waals surface area (Å²) in [5.74, 6) is 0. The lowest BCUT2D eigenvalue weighted by molar-refractivity contribution is 0.0295. The van der Waals surface area contributed by atoms with E-state index < -0.39 is 24.2 Å². The fourth-order valence-electron chi connectivity index (χ4n) is 1.49. The number of rotatable bonds is 2. The Morgan fingerprint density at radius 2 is 2.17 bits per heavy atom. The van der Waals surface area contributed by atoms with Crippen molar-refractivity contribution in [2.75, 3.05) is 6.61 Å². The van der Waals surface area contributed by atoms with Crippen molar-refractivity contribution in [3.8, 4) is 0 Å². The summed E-state index contributed by atoms with van der Waals surface area (Å²) < 4.78 is 35.0.